The molecule has 1 aliphatic heterocycles. The van der Waals surface area contributed by atoms with Gasteiger partial charge < -0.3 is 9.42 Å². The third-order valence-electron chi connectivity index (χ3n) is 5.73. The Morgan fingerprint density at radius 2 is 2.04 bits per heavy atom. The minimum Gasteiger partial charge on any atom is -0.339 e. The van der Waals surface area contributed by atoms with E-state index in [2.05, 4.69) is 10.1 Å². The number of aryl methyl sites for hydroxylation is 1. The molecule has 28 heavy (non-hydrogen) atoms. The maximum absolute atomic E-state index is 13.4. The van der Waals surface area contributed by atoms with Gasteiger partial charge in [-0.25, -0.2) is 4.68 Å². The highest BCUT2D eigenvalue weighted by molar-refractivity contribution is 5.94. The Hall–Kier alpha value is -2.96. The highest BCUT2D eigenvalue weighted by Crippen LogP contribution is 2.31. The van der Waals surface area contributed by atoms with Gasteiger partial charge in [-0.1, -0.05) is 23.4 Å². The molecule has 2 aromatic heterocycles. The monoisotopic (exact) mass is 377 g/mol. The van der Waals surface area contributed by atoms with E-state index in [4.69, 9.17) is 9.62 Å². The van der Waals surface area contributed by atoms with E-state index in [1.54, 1.807) is 0 Å². The number of likely N-dealkylation sites (tertiary alicyclic amines) is 1. The molecule has 0 bridgehead atoms. The maximum Gasteiger partial charge on any atom is 0.274 e. The minimum atomic E-state index is 0.0220. The van der Waals surface area contributed by atoms with Crippen molar-refractivity contribution in [2.24, 2.45) is 0 Å². The normalized spacial score (nSPS) is 19.0. The number of hydrogen-bond donors (Lipinski definition) is 0. The fraction of sp³-hybridized carbons (Fsp3) is 0.429. The predicted molar refractivity (Wildman–Crippen MR) is 103 cm³/mol. The van der Waals surface area contributed by atoms with Gasteiger partial charge in [0, 0.05) is 24.3 Å². The summed E-state index contributed by atoms with van der Waals surface area (Å²) in [6.45, 7) is 3.17. The quantitative estimate of drug-likeness (QED) is 0.701. The molecule has 0 N–H and O–H groups in total. The van der Waals surface area contributed by atoms with Gasteiger partial charge in [0.15, 0.2) is 11.5 Å². The fourth-order valence-corrected chi connectivity index (χ4v) is 4.38. The Labute approximate surface area is 163 Å². The number of fused-ring (bicyclic) bond motifs is 1. The summed E-state index contributed by atoms with van der Waals surface area (Å²) in [4.78, 5) is 19.6. The van der Waals surface area contributed by atoms with Crippen LogP contribution >= 0.6 is 0 Å². The Balaban J connectivity index is 1.44. The molecule has 3 heterocycles. The van der Waals surface area contributed by atoms with Crippen LogP contribution in [0, 0.1) is 6.92 Å². The first-order chi connectivity index (χ1) is 13.7. The van der Waals surface area contributed by atoms with Gasteiger partial charge in [-0.3, -0.25) is 4.79 Å². The van der Waals surface area contributed by atoms with Crippen molar-refractivity contribution in [3.8, 4) is 5.69 Å². The lowest BCUT2D eigenvalue weighted by atomic mass is 9.97. The number of piperidine rings is 1. The molecular weight excluding hydrogens is 354 g/mol. The lowest BCUT2D eigenvalue weighted by molar-refractivity contribution is 0.0688. The third kappa shape index (κ3) is 2.91. The number of nitrogens with zero attached hydrogens (tertiary/aromatic N) is 5. The van der Waals surface area contributed by atoms with E-state index in [1.165, 1.54) is 5.69 Å². The van der Waals surface area contributed by atoms with Crippen LogP contribution in [0.3, 0.4) is 0 Å². The Kier molecular flexibility index (Phi) is 4.22. The molecule has 5 rings (SSSR count). The number of aromatic nitrogens is 4. The molecule has 7 heteroatoms. The molecule has 0 unspecified atom stereocenters. The molecule has 0 saturated carbocycles. The van der Waals surface area contributed by atoms with E-state index >= 15 is 0 Å². The van der Waals surface area contributed by atoms with E-state index in [0.29, 0.717) is 24.0 Å². The van der Waals surface area contributed by atoms with Gasteiger partial charge in [-0.05, 0) is 51.2 Å². The summed E-state index contributed by atoms with van der Waals surface area (Å²) >= 11 is 0. The lowest BCUT2D eigenvalue weighted by Gasteiger charge is -2.30. The number of amides is 1. The van der Waals surface area contributed by atoms with Crippen LogP contribution in [0.2, 0.25) is 0 Å². The average Bonchev–Trinajstić information content (AvgIpc) is 3.45. The number of carbonyl (C=O) groups excluding carboxylic acids is 1. The summed E-state index contributed by atoms with van der Waals surface area (Å²) in [5.74, 6) is 1.39. The van der Waals surface area contributed by atoms with Gasteiger partial charge in [0.25, 0.3) is 5.91 Å². The van der Waals surface area contributed by atoms with Crippen molar-refractivity contribution in [3.05, 3.63) is 59.0 Å². The SMILES string of the molecule is Cc1noc([C@H]2CCCN(C(=O)c3nn(-c4ccccc4)c4c3CCC4)C2)n1. The topological polar surface area (TPSA) is 77.0 Å². The average molecular weight is 377 g/mol. The van der Waals surface area contributed by atoms with Crippen LogP contribution in [0.15, 0.2) is 34.9 Å². The molecule has 1 fully saturated rings. The van der Waals surface area contributed by atoms with Crippen LogP contribution in [0.1, 0.15) is 58.6 Å². The molecule has 1 amide bonds. The van der Waals surface area contributed by atoms with Gasteiger partial charge in [0.1, 0.15) is 0 Å². The minimum absolute atomic E-state index is 0.0220. The zero-order chi connectivity index (χ0) is 19.1. The molecule has 1 atom stereocenters. The summed E-state index contributed by atoms with van der Waals surface area (Å²) in [6.07, 6.45) is 4.85. The van der Waals surface area contributed by atoms with E-state index in [1.807, 2.05) is 46.8 Å². The Morgan fingerprint density at radius 3 is 2.82 bits per heavy atom. The standard InChI is InChI=1S/C21H23N5O2/c1-14-22-20(28-24-14)15-7-6-12-25(13-15)21(27)19-17-10-5-11-18(17)26(23-19)16-8-3-2-4-9-16/h2-4,8-9,15H,5-7,10-13H2,1H3/t15-/m0/s1. The number of carbonyl (C=O) groups is 1. The van der Waals surface area contributed by atoms with Crippen molar-refractivity contribution in [2.75, 3.05) is 13.1 Å². The maximum atomic E-state index is 13.4. The molecule has 7 nitrogen and oxygen atoms in total. The van der Waals surface area contributed by atoms with Crippen LogP contribution in [-0.4, -0.2) is 43.8 Å². The Bertz CT molecular complexity index is 1010. The summed E-state index contributed by atoms with van der Waals surface area (Å²) < 4.78 is 7.31. The smallest absolute Gasteiger partial charge is 0.274 e. The zero-order valence-electron chi connectivity index (χ0n) is 16.0. The van der Waals surface area contributed by atoms with Crippen LogP contribution in [0.5, 0.6) is 0 Å². The number of para-hydroxylation sites is 1. The molecule has 1 aromatic carbocycles. The second-order valence-corrected chi connectivity index (χ2v) is 7.64. The summed E-state index contributed by atoms with van der Waals surface area (Å²) in [7, 11) is 0. The first-order valence-electron chi connectivity index (χ1n) is 9.96. The molecule has 0 spiro atoms. The molecule has 2 aliphatic rings. The first kappa shape index (κ1) is 17.2. The van der Waals surface area contributed by atoms with Crippen molar-refractivity contribution >= 4 is 5.91 Å². The van der Waals surface area contributed by atoms with E-state index in [9.17, 15) is 4.79 Å². The second kappa shape index (κ2) is 6.89. The van der Waals surface area contributed by atoms with E-state index in [-0.39, 0.29) is 11.8 Å². The van der Waals surface area contributed by atoms with Gasteiger partial charge in [-0.15, -0.1) is 0 Å². The van der Waals surface area contributed by atoms with Crippen molar-refractivity contribution in [2.45, 2.75) is 44.9 Å². The summed E-state index contributed by atoms with van der Waals surface area (Å²) in [5, 5.41) is 8.65. The molecule has 1 saturated heterocycles. The fourth-order valence-electron chi connectivity index (χ4n) is 4.38. The molecule has 144 valence electrons. The molecule has 0 radical (unpaired) electrons. The van der Waals surface area contributed by atoms with Crippen LogP contribution in [0.25, 0.3) is 5.69 Å². The van der Waals surface area contributed by atoms with Gasteiger partial charge in [-0.2, -0.15) is 10.1 Å². The van der Waals surface area contributed by atoms with Crippen molar-refractivity contribution in [3.63, 3.8) is 0 Å². The largest absolute Gasteiger partial charge is 0.339 e. The van der Waals surface area contributed by atoms with Crippen molar-refractivity contribution in [1.82, 2.24) is 24.8 Å². The van der Waals surface area contributed by atoms with E-state index in [0.717, 1.165) is 49.9 Å². The van der Waals surface area contributed by atoms with Gasteiger partial charge >= 0.3 is 0 Å². The second-order valence-electron chi connectivity index (χ2n) is 7.64. The highest BCUT2D eigenvalue weighted by Gasteiger charge is 2.33. The van der Waals surface area contributed by atoms with Crippen molar-refractivity contribution in [1.29, 1.82) is 0 Å². The summed E-state index contributed by atoms with van der Waals surface area (Å²) in [5.41, 5.74) is 3.91. The van der Waals surface area contributed by atoms with Crippen molar-refractivity contribution < 1.29 is 9.32 Å². The number of hydrogen-bond acceptors (Lipinski definition) is 5. The molecule has 1 aliphatic carbocycles. The molecule has 3 aromatic rings. The van der Waals surface area contributed by atoms with Crippen LogP contribution in [0.4, 0.5) is 0 Å². The first-order valence-corrected chi connectivity index (χ1v) is 9.96. The van der Waals surface area contributed by atoms with Crippen LogP contribution in [-0.2, 0) is 12.8 Å². The third-order valence-corrected chi connectivity index (χ3v) is 5.73. The van der Waals surface area contributed by atoms with E-state index < -0.39 is 0 Å². The number of benzene rings is 1. The number of rotatable bonds is 3. The lowest BCUT2D eigenvalue weighted by Crippen LogP contribution is -2.39. The summed E-state index contributed by atoms with van der Waals surface area (Å²) in [6, 6.07) is 10.1. The Morgan fingerprint density at radius 1 is 1.18 bits per heavy atom. The van der Waals surface area contributed by atoms with Gasteiger partial charge in [0.2, 0.25) is 5.89 Å². The van der Waals surface area contributed by atoms with Gasteiger partial charge in [0.05, 0.1) is 11.6 Å². The molecular formula is C21H23N5O2. The zero-order valence-corrected chi connectivity index (χ0v) is 16.0. The predicted octanol–water partition coefficient (Wildman–Crippen LogP) is 3.07. The highest BCUT2D eigenvalue weighted by atomic mass is 16.5. The van der Waals surface area contributed by atoms with Crippen LogP contribution < -0.4 is 0 Å².